The Balaban J connectivity index is 1.51. The summed E-state index contributed by atoms with van der Waals surface area (Å²) >= 11 is 1.42. The first-order valence-electron chi connectivity index (χ1n) is 10.1. The first kappa shape index (κ1) is 21.6. The van der Waals surface area contributed by atoms with Crippen LogP contribution in [-0.2, 0) is 4.79 Å². The molecule has 0 spiro atoms. The number of methoxy groups -OCH3 is 2. The van der Waals surface area contributed by atoms with Crippen LogP contribution in [0.15, 0.2) is 82.8 Å². The van der Waals surface area contributed by atoms with Crippen LogP contribution < -0.4 is 14.8 Å². The predicted molar refractivity (Wildman–Crippen MR) is 131 cm³/mol. The molecule has 1 amide bonds. The van der Waals surface area contributed by atoms with Crippen LogP contribution in [0.3, 0.4) is 0 Å². The van der Waals surface area contributed by atoms with Gasteiger partial charge in [0.2, 0.25) is 5.91 Å². The highest BCUT2D eigenvalue weighted by molar-refractivity contribution is 8.14. The molecule has 1 heterocycles. The lowest BCUT2D eigenvalue weighted by atomic mass is 10.1. The van der Waals surface area contributed by atoms with E-state index >= 15 is 0 Å². The Morgan fingerprint density at radius 3 is 2.34 bits per heavy atom. The first-order chi connectivity index (χ1) is 15.6. The molecular formula is C25H23N3O3S. The molecule has 0 radical (unpaired) electrons. The summed E-state index contributed by atoms with van der Waals surface area (Å²) in [7, 11) is 3.24. The number of ether oxygens (including phenoxy) is 2. The third-order valence-corrected chi connectivity index (χ3v) is 5.82. The Bertz CT molecular complexity index is 1170. The highest BCUT2D eigenvalue weighted by Crippen LogP contribution is 2.33. The van der Waals surface area contributed by atoms with Crippen molar-refractivity contribution in [2.24, 2.45) is 9.98 Å². The largest absolute Gasteiger partial charge is 0.497 e. The maximum absolute atomic E-state index is 12.5. The molecule has 7 heteroatoms. The Morgan fingerprint density at radius 1 is 0.906 bits per heavy atom. The number of benzene rings is 3. The molecule has 0 saturated carbocycles. The molecule has 32 heavy (non-hydrogen) atoms. The van der Waals surface area contributed by atoms with Crippen LogP contribution in [0.25, 0.3) is 0 Å². The van der Waals surface area contributed by atoms with Gasteiger partial charge in [0.05, 0.1) is 42.1 Å². The van der Waals surface area contributed by atoms with Gasteiger partial charge in [-0.1, -0.05) is 18.2 Å². The number of hydrogen-bond acceptors (Lipinski definition) is 6. The smallest absolute Gasteiger partial charge is 0.234 e. The number of fused-ring (bicyclic) bond motifs is 1. The summed E-state index contributed by atoms with van der Waals surface area (Å²) in [5.74, 6) is 1.63. The summed E-state index contributed by atoms with van der Waals surface area (Å²) in [6.07, 6.45) is 0.540. The third kappa shape index (κ3) is 5.36. The topological polar surface area (TPSA) is 72.3 Å². The molecule has 0 saturated heterocycles. The molecule has 0 aliphatic carbocycles. The zero-order chi connectivity index (χ0) is 22.3. The minimum absolute atomic E-state index is 0.105. The van der Waals surface area contributed by atoms with E-state index in [1.165, 1.54) is 11.8 Å². The van der Waals surface area contributed by atoms with Crippen LogP contribution in [0.2, 0.25) is 0 Å². The zero-order valence-corrected chi connectivity index (χ0v) is 18.7. The highest BCUT2D eigenvalue weighted by atomic mass is 32.2. The summed E-state index contributed by atoms with van der Waals surface area (Å²) < 4.78 is 10.5. The summed E-state index contributed by atoms with van der Waals surface area (Å²) in [5.41, 5.74) is 4.21. The Labute approximate surface area is 191 Å². The maximum atomic E-state index is 12.5. The summed E-state index contributed by atoms with van der Waals surface area (Å²) in [5, 5.41) is 3.75. The van der Waals surface area contributed by atoms with E-state index in [4.69, 9.17) is 19.5 Å². The number of nitrogens with zero attached hydrogens (tertiary/aromatic N) is 2. The number of carbonyl (C=O) groups is 1. The second-order valence-electron chi connectivity index (χ2n) is 7.03. The lowest BCUT2D eigenvalue weighted by Crippen LogP contribution is -2.16. The fourth-order valence-electron chi connectivity index (χ4n) is 3.24. The van der Waals surface area contributed by atoms with Gasteiger partial charge in [-0.25, -0.2) is 4.99 Å². The lowest BCUT2D eigenvalue weighted by molar-refractivity contribution is -0.113. The van der Waals surface area contributed by atoms with E-state index < -0.39 is 0 Å². The fourth-order valence-corrected chi connectivity index (χ4v) is 4.01. The standard InChI is InChI=1S/C25H23N3O3S/c1-30-19-12-10-17(11-13-19)23-15-25(28-22-9-4-3-8-21(22)27-23)32-16-24(29)26-18-6-5-7-20(14-18)31-2/h3-14H,15-16H2,1-2H3,(H,26,29). The van der Waals surface area contributed by atoms with Gasteiger partial charge in [-0.05, 0) is 54.1 Å². The minimum Gasteiger partial charge on any atom is -0.497 e. The number of rotatable bonds is 6. The number of anilines is 1. The quantitative estimate of drug-likeness (QED) is 0.534. The molecule has 0 fully saturated rings. The van der Waals surface area contributed by atoms with E-state index in [1.54, 1.807) is 20.3 Å². The number of amides is 1. The first-order valence-corrected chi connectivity index (χ1v) is 11.1. The number of para-hydroxylation sites is 2. The second-order valence-corrected chi connectivity index (χ2v) is 8.08. The number of thioether (sulfide) groups is 1. The molecule has 3 aromatic carbocycles. The van der Waals surface area contributed by atoms with Crippen LogP contribution >= 0.6 is 11.8 Å². The van der Waals surface area contributed by atoms with Gasteiger partial charge in [0, 0.05) is 18.2 Å². The van der Waals surface area contributed by atoms with Crippen LogP contribution in [0.5, 0.6) is 11.5 Å². The van der Waals surface area contributed by atoms with Gasteiger partial charge in [-0.3, -0.25) is 9.79 Å². The van der Waals surface area contributed by atoms with E-state index in [0.29, 0.717) is 17.9 Å². The molecule has 0 bridgehead atoms. The van der Waals surface area contributed by atoms with Crippen molar-refractivity contribution in [3.8, 4) is 11.5 Å². The molecule has 0 unspecified atom stereocenters. The molecule has 4 rings (SSSR count). The van der Waals surface area contributed by atoms with Crippen molar-refractivity contribution in [2.45, 2.75) is 6.42 Å². The summed E-state index contributed by atoms with van der Waals surface area (Å²) in [4.78, 5) is 22.2. The van der Waals surface area contributed by atoms with Crippen molar-refractivity contribution < 1.29 is 14.3 Å². The SMILES string of the molecule is COc1ccc(C2=Nc3ccccc3N=C(SCC(=O)Nc3cccc(OC)c3)C2)cc1. The van der Waals surface area contributed by atoms with Gasteiger partial charge in [-0.15, -0.1) is 11.8 Å². The number of aliphatic imine (C=N–C) groups is 2. The summed E-state index contributed by atoms with van der Waals surface area (Å²) in [6.45, 7) is 0. The molecule has 6 nitrogen and oxygen atoms in total. The highest BCUT2D eigenvalue weighted by Gasteiger charge is 2.17. The average Bonchev–Trinajstić information content (AvgIpc) is 3.02. The summed E-state index contributed by atoms with van der Waals surface area (Å²) in [6, 6.07) is 22.9. The van der Waals surface area contributed by atoms with Crippen LogP contribution in [-0.4, -0.2) is 36.6 Å². The van der Waals surface area contributed by atoms with Gasteiger partial charge in [0.15, 0.2) is 0 Å². The molecular weight excluding hydrogens is 422 g/mol. The molecule has 162 valence electrons. The van der Waals surface area contributed by atoms with Crippen molar-refractivity contribution in [1.29, 1.82) is 0 Å². The van der Waals surface area contributed by atoms with Crippen molar-refractivity contribution in [3.63, 3.8) is 0 Å². The van der Waals surface area contributed by atoms with Crippen LogP contribution in [0.1, 0.15) is 12.0 Å². The second kappa shape index (κ2) is 10.2. The molecule has 3 aromatic rings. The van der Waals surface area contributed by atoms with E-state index in [9.17, 15) is 4.79 Å². The molecule has 0 atom stereocenters. The monoisotopic (exact) mass is 445 g/mol. The minimum atomic E-state index is -0.105. The van der Waals surface area contributed by atoms with Crippen molar-refractivity contribution in [3.05, 3.63) is 78.4 Å². The van der Waals surface area contributed by atoms with Gasteiger partial charge < -0.3 is 14.8 Å². The number of hydrogen-bond donors (Lipinski definition) is 1. The number of carbonyl (C=O) groups excluding carboxylic acids is 1. The van der Waals surface area contributed by atoms with E-state index in [1.807, 2.05) is 66.7 Å². The third-order valence-electron chi connectivity index (χ3n) is 4.85. The molecule has 0 aromatic heterocycles. The lowest BCUT2D eigenvalue weighted by Gasteiger charge is -2.09. The van der Waals surface area contributed by atoms with E-state index in [-0.39, 0.29) is 11.7 Å². The van der Waals surface area contributed by atoms with Crippen molar-refractivity contribution >= 4 is 45.5 Å². The Morgan fingerprint density at radius 2 is 1.62 bits per heavy atom. The van der Waals surface area contributed by atoms with Crippen LogP contribution in [0, 0.1) is 0 Å². The van der Waals surface area contributed by atoms with Gasteiger partial charge in [-0.2, -0.15) is 0 Å². The zero-order valence-electron chi connectivity index (χ0n) is 17.9. The average molecular weight is 446 g/mol. The normalized spacial score (nSPS) is 12.7. The van der Waals surface area contributed by atoms with E-state index in [2.05, 4.69) is 5.32 Å². The number of nitrogens with one attached hydrogen (secondary N) is 1. The molecule has 1 N–H and O–H groups in total. The van der Waals surface area contributed by atoms with Crippen LogP contribution in [0.4, 0.5) is 17.1 Å². The predicted octanol–water partition coefficient (Wildman–Crippen LogP) is 5.63. The van der Waals surface area contributed by atoms with Gasteiger partial charge in [0.1, 0.15) is 11.5 Å². The van der Waals surface area contributed by atoms with Crippen molar-refractivity contribution in [2.75, 3.05) is 25.3 Å². The van der Waals surface area contributed by atoms with Gasteiger partial charge in [0.25, 0.3) is 0 Å². The van der Waals surface area contributed by atoms with E-state index in [0.717, 1.165) is 33.4 Å². The Kier molecular flexibility index (Phi) is 6.87. The molecule has 1 aliphatic rings. The molecule has 1 aliphatic heterocycles. The Hall–Kier alpha value is -3.58. The maximum Gasteiger partial charge on any atom is 0.234 e. The van der Waals surface area contributed by atoms with Crippen molar-refractivity contribution in [1.82, 2.24) is 0 Å². The van der Waals surface area contributed by atoms with Gasteiger partial charge >= 0.3 is 0 Å². The fraction of sp³-hybridized carbons (Fsp3) is 0.160.